The van der Waals surface area contributed by atoms with Crippen molar-refractivity contribution in [3.63, 3.8) is 0 Å². The van der Waals surface area contributed by atoms with Crippen LogP contribution in [0.15, 0.2) is 0 Å². The largest absolute Gasteiger partial charge is 0.300 e. The standard InChI is InChI=1S/C11H22O/c1-6-11(5,7-2)8-9(3)10(4)12/h9H,6-8H2,1-5H3/t9-/m1/s1. The molecular formula is C11H22O. The second-order valence-corrected chi connectivity index (χ2v) is 4.23. The smallest absolute Gasteiger partial charge is 0.132 e. The summed E-state index contributed by atoms with van der Waals surface area (Å²) in [6.45, 7) is 10.4. The van der Waals surface area contributed by atoms with Gasteiger partial charge in [-0.05, 0) is 18.8 Å². The van der Waals surface area contributed by atoms with E-state index < -0.39 is 0 Å². The average Bonchev–Trinajstić information content (AvgIpc) is 2.04. The Morgan fingerprint density at radius 2 is 1.75 bits per heavy atom. The van der Waals surface area contributed by atoms with E-state index >= 15 is 0 Å². The Kier molecular flexibility index (Phi) is 4.51. The van der Waals surface area contributed by atoms with Crippen molar-refractivity contribution in [2.75, 3.05) is 0 Å². The third kappa shape index (κ3) is 3.38. The van der Waals surface area contributed by atoms with Crippen LogP contribution in [0.4, 0.5) is 0 Å². The van der Waals surface area contributed by atoms with Crippen LogP contribution in [0.2, 0.25) is 0 Å². The van der Waals surface area contributed by atoms with Crippen molar-refractivity contribution >= 4 is 5.78 Å². The third-order valence-electron chi connectivity index (χ3n) is 3.20. The molecule has 12 heavy (non-hydrogen) atoms. The number of Topliss-reactive ketones (excluding diaryl/α,β-unsaturated/α-hetero) is 1. The van der Waals surface area contributed by atoms with Crippen LogP contribution >= 0.6 is 0 Å². The lowest BCUT2D eigenvalue weighted by atomic mass is 9.76. The van der Waals surface area contributed by atoms with Crippen molar-refractivity contribution in [1.82, 2.24) is 0 Å². The van der Waals surface area contributed by atoms with E-state index in [2.05, 4.69) is 20.8 Å². The third-order valence-corrected chi connectivity index (χ3v) is 3.20. The van der Waals surface area contributed by atoms with Crippen molar-refractivity contribution in [2.45, 2.75) is 53.9 Å². The van der Waals surface area contributed by atoms with Gasteiger partial charge in [0.25, 0.3) is 0 Å². The Bertz CT molecular complexity index is 145. The molecule has 1 atom stereocenters. The lowest BCUT2D eigenvalue weighted by Crippen LogP contribution is -2.21. The first-order valence-corrected chi connectivity index (χ1v) is 4.95. The first-order chi connectivity index (χ1) is 5.45. The molecule has 0 aliphatic heterocycles. The van der Waals surface area contributed by atoms with E-state index in [1.54, 1.807) is 6.92 Å². The van der Waals surface area contributed by atoms with Crippen LogP contribution in [0.1, 0.15) is 53.9 Å². The molecule has 1 nitrogen and oxygen atoms in total. The Labute approximate surface area is 76.6 Å². The van der Waals surface area contributed by atoms with Crippen LogP contribution in [0.25, 0.3) is 0 Å². The Morgan fingerprint density at radius 3 is 2.00 bits per heavy atom. The van der Waals surface area contributed by atoms with Crippen LogP contribution in [-0.2, 0) is 4.79 Å². The normalized spacial score (nSPS) is 14.4. The van der Waals surface area contributed by atoms with E-state index in [0.717, 1.165) is 6.42 Å². The molecule has 0 bridgehead atoms. The number of hydrogen-bond acceptors (Lipinski definition) is 1. The quantitative estimate of drug-likeness (QED) is 0.618. The summed E-state index contributed by atoms with van der Waals surface area (Å²) in [4.78, 5) is 11.1. The molecule has 0 heterocycles. The van der Waals surface area contributed by atoms with E-state index in [4.69, 9.17) is 0 Å². The minimum Gasteiger partial charge on any atom is -0.300 e. The summed E-state index contributed by atoms with van der Waals surface area (Å²) in [5.74, 6) is 0.554. The van der Waals surface area contributed by atoms with Gasteiger partial charge in [-0.2, -0.15) is 0 Å². The number of hydrogen-bond donors (Lipinski definition) is 0. The van der Waals surface area contributed by atoms with Crippen molar-refractivity contribution in [1.29, 1.82) is 0 Å². The van der Waals surface area contributed by atoms with E-state index in [9.17, 15) is 4.79 Å². The highest BCUT2D eigenvalue weighted by atomic mass is 16.1. The van der Waals surface area contributed by atoms with Crippen LogP contribution < -0.4 is 0 Å². The van der Waals surface area contributed by atoms with Gasteiger partial charge in [-0.3, -0.25) is 4.79 Å². The number of carbonyl (C=O) groups is 1. The summed E-state index contributed by atoms with van der Waals surface area (Å²) in [5.41, 5.74) is 0.366. The van der Waals surface area contributed by atoms with Gasteiger partial charge in [-0.15, -0.1) is 0 Å². The van der Waals surface area contributed by atoms with E-state index in [0.29, 0.717) is 11.2 Å². The molecule has 0 aromatic heterocycles. The van der Waals surface area contributed by atoms with Crippen LogP contribution in [0.5, 0.6) is 0 Å². The molecule has 0 aliphatic carbocycles. The fourth-order valence-electron chi connectivity index (χ4n) is 1.42. The number of ketones is 1. The SMILES string of the molecule is CCC(C)(CC)C[C@@H](C)C(C)=O. The molecule has 0 aliphatic rings. The summed E-state index contributed by atoms with van der Waals surface area (Å²) in [6.07, 6.45) is 3.37. The predicted octanol–water partition coefficient (Wildman–Crippen LogP) is 3.43. The maximum atomic E-state index is 11.1. The van der Waals surface area contributed by atoms with Gasteiger partial charge in [0.05, 0.1) is 0 Å². The minimum atomic E-state index is 0.231. The van der Waals surface area contributed by atoms with Gasteiger partial charge in [0, 0.05) is 5.92 Å². The first-order valence-electron chi connectivity index (χ1n) is 4.95. The molecule has 0 amide bonds. The Balaban J connectivity index is 4.11. The molecule has 72 valence electrons. The number of carbonyl (C=O) groups excluding carboxylic acids is 1. The second-order valence-electron chi connectivity index (χ2n) is 4.23. The van der Waals surface area contributed by atoms with Gasteiger partial charge in [0.2, 0.25) is 0 Å². The molecule has 0 spiro atoms. The molecular weight excluding hydrogens is 148 g/mol. The maximum absolute atomic E-state index is 11.1. The second kappa shape index (κ2) is 4.64. The highest BCUT2D eigenvalue weighted by molar-refractivity contribution is 5.77. The average molecular weight is 170 g/mol. The highest BCUT2D eigenvalue weighted by Crippen LogP contribution is 2.33. The minimum absolute atomic E-state index is 0.231. The van der Waals surface area contributed by atoms with E-state index in [1.807, 2.05) is 6.92 Å². The summed E-state index contributed by atoms with van der Waals surface area (Å²) in [6, 6.07) is 0. The van der Waals surface area contributed by atoms with Crippen LogP contribution in [-0.4, -0.2) is 5.78 Å². The van der Waals surface area contributed by atoms with Gasteiger partial charge >= 0.3 is 0 Å². The lowest BCUT2D eigenvalue weighted by molar-refractivity contribution is -0.121. The van der Waals surface area contributed by atoms with Gasteiger partial charge in [0.15, 0.2) is 0 Å². The predicted molar refractivity (Wildman–Crippen MR) is 53.2 cm³/mol. The van der Waals surface area contributed by atoms with Crippen molar-refractivity contribution in [2.24, 2.45) is 11.3 Å². The van der Waals surface area contributed by atoms with Crippen molar-refractivity contribution < 1.29 is 4.79 Å². The molecule has 0 N–H and O–H groups in total. The zero-order valence-corrected chi connectivity index (χ0v) is 9.11. The summed E-state index contributed by atoms with van der Waals surface area (Å²) in [5, 5.41) is 0. The molecule has 0 unspecified atom stereocenters. The van der Waals surface area contributed by atoms with Gasteiger partial charge in [-0.1, -0.05) is 40.5 Å². The molecule has 0 rings (SSSR count). The van der Waals surface area contributed by atoms with E-state index in [1.165, 1.54) is 12.8 Å². The molecule has 0 saturated carbocycles. The summed E-state index contributed by atoms with van der Waals surface area (Å²) < 4.78 is 0. The number of rotatable bonds is 5. The van der Waals surface area contributed by atoms with Gasteiger partial charge in [0.1, 0.15) is 5.78 Å². The lowest BCUT2D eigenvalue weighted by Gasteiger charge is -2.28. The monoisotopic (exact) mass is 170 g/mol. The Morgan fingerprint density at radius 1 is 1.33 bits per heavy atom. The van der Waals surface area contributed by atoms with Crippen LogP contribution in [0, 0.1) is 11.3 Å². The molecule has 0 fully saturated rings. The zero-order chi connectivity index (χ0) is 9.78. The molecule has 1 heteroatoms. The van der Waals surface area contributed by atoms with Crippen molar-refractivity contribution in [3.05, 3.63) is 0 Å². The van der Waals surface area contributed by atoms with Crippen molar-refractivity contribution in [3.8, 4) is 0 Å². The summed E-state index contributed by atoms with van der Waals surface area (Å²) in [7, 11) is 0. The highest BCUT2D eigenvalue weighted by Gasteiger charge is 2.24. The Hall–Kier alpha value is -0.330. The molecule has 0 saturated heterocycles. The maximum Gasteiger partial charge on any atom is 0.132 e. The zero-order valence-electron chi connectivity index (χ0n) is 9.11. The molecule has 0 radical (unpaired) electrons. The molecule has 0 aromatic rings. The fourth-order valence-corrected chi connectivity index (χ4v) is 1.42. The summed E-state index contributed by atoms with van der Waals surface area (Å²) >= 11 is 0. The van der Waals surface area contributed by atoms with E-state index in [-0.39, 0.29) is 5.92 Å². The van der Waals surface area contributed by atoms with Crippen LogP contribution in [0.3, 0.4) is 0 Å². The van der Waals surface area contributed by atoms with Gasteiger partial charge in [-0.25, -0.2) is 0 Å². The van der Waals surface area contributed by atoms with Gasteiger partial charge < -0.3 is 0 Å². The first kappa shape index (κ1) is 11.7. The topological polar surface area (TPSA) is 17.1 Å². The molecule has 0 aromatic carbocycles. The fraction of sp³-hybridized carbons (Fsp3) is 0.909.